The second-order valence-corrected chi connectivity index (χ2v) is 33.0. The number of aliphatic hydroxyl groups excluding tert-OH is 1. The molecule has 0 aromatic heterocycles. The summed E-state index contributed by atoms with van der Waals surface area (Å²) in [7, 11) is 1.00. The smallest absolute Gasteiger partial charge is 0.261 e. The molecular formula is C104H131BrFN11O16. The molecule has 7 heterocycles. The summed E-state index contributed by atoms with van der Waals surface area (Å²) < 4.78 is 41.1. The number of likely N-dealkylation sites (tertiary alicyclic amines) is 3. The molecule has 16 rings (SSSR count). The lowest BCUT2D eigenvalue weighted by Crippen LogP contribution is -2.31. The van der Waals surface area contributed by atoms with E-state index in [4.69, 9.17) is 39.6 Å². The molecule has 4 saturated heterocycles. The maximum absolute atomic E-state index is 12.8. The van der Waals surface area contributed by atoms with E-state index in [2.05, 4.69) is 95.4 Å². The van der Waals surface area contributed by atoms with Crippen molar-refractivity contribution in [3.05, 3.63) is 291 Å². The molecule has 7 aliphatic rings. The number of carbonyl (C=O) groups is 9. The van der Waals surface area contributed by atoms with Crippen LogP contribution < -0.4 is 47.0 Å². The van der Waals surface area contributed by atoms with E-state index in [1.165, 1.54) is 185 Å². The van der Waals surface area contributed by atoms with Gasteiger partial charge in [0.05, 0.1) is 66.4 Å². The molecule has 9 aromatic carbocycles. The lowest BCUT2D eigenvalue weighted by molar-refractivity contribution is -0.126. The molecule has 7 amide bonds. The Hall–Kier alpha value is -11.7. The number of aromatic hydroxyl groups is 1. The highest BCUT2D eigenvalue weighted by Gasteiger charge is 2.37. The fraction of sp³-hybridized carbons (Fsp3) is 0.394. The summed E-state index contributed by atoms with van der Waals surface area (Å²) in [5, 5.41) is 22.7. The van der Waals surface area contributed by atoms with Crippen molar-refractivity contribution in [1.29, 1.82) is 0 Å². The lowest BCUT2D eigenvalue weighted by atomic mass is 10.1. The van der Waals surface area contributed by atoms with Crippen LogP contribution in [0.4, 0.5) is 4.39 Å². The minimum Gasteiger partial charge on any atom is -0.508 e. The number of phenolic OH excluding ortho intramolecular Hbond substituents is 1. The van der Waals surface area contributed by atoms with Gasteiger partial charge in [0.1, 0.15) is 53.7 Å². The molecule has 0 radical (unpaired) electrons. The number of benzene rings is 9. The highest BCUT2D eigenvalue weighted by atomic mass is 79.9. The van der Waals surface area contributed by atoms with Crippen LogP contribution in [0.3, 0.4) is 0 Å². The van der Waals surface area contributed by atoms with Crippen LogP contribution in [0.15, 0.2) is 218 Å². The highest BCUT2D eigenvalue weighted by Crippen LogP contribution is 2.28. The predicted octanol–water partition coefficient (Wildman–Crippen LogP) is 15.1. The van der Waals surface area contributed by atoms with E-state index in [0.717, 1.165) is 80.4 Å². The Balaban J connectivity index is 0.000000197. The zero-order valence-electron chi connectivity index (χ0n) is 76.5. The summed E-state index contributed by atoms with van der Waals surface area (Å²) in [5.41, 5.74) is 14.2. The number of nitrogens with two attached hydrogens (primary N) is 3. The minimum absolute atomic E-state index is 0.0171. The Morgan fingerprint density at radius 1 is 0.414 bits per heavy atom. The molecule has 4 fully saturated rings. The second-order valence-electron chi connectivity index (χ2n) is 32.2. The molecule has 9 aromatic rings. The van der Waals surface area contributed by atoms with Gasteiger partial charge in [0.15, 0.2) is 0 Å². The average Bonchev–Trinajstić information content (AvgIpc) is 1.65. The van der Waals surface area contributed by atoms with Crippen LogP contribution in [0.5, 0.6) is 28.7 Å². The number of phenols is 1. The van der Waals surface area contributed by atoms with E-state index in [1.807, 2.05) is 30.3 Å². The number of hydrogen-bond acceptors (Lipinski definition) is 23. The van der Waals surface area contributed by atoms with Crippen molar-refractivity contribution < 1.29 is 81.4 Å². The minimum atomic E-state index is -0.285. The number of piperidine rings is 4. The monoisotopic (exact) mass is 1890 g/mol. The van der Waals surface area contributed by atoms with Crippen molar-refractivity contribution in [2.75, 3.05) is 131 Å². The van der Waals surface area contributed by atoms with Gasteiger partial charge < -0.3 is 50.3 Å². The summed E-state index contributed by atoms with van der Waals surface area (Å²) in [6.45, 7) is 17.4. The van der Waals surface area contributed by atoms with Gasteiger partial charge in [-0.25, -0.2) is 4.39 Å². The Kier molecular flexibility index (Phi) is 49.6. The fourth-order valence-corrected chi connectivity index (χ4v) is 15.7. The third kappa shape index (κ3) is 37.3. The first kappa shape index (κ1) is 107. The van der Waals surface area contributed by atoms with Crippen molar-refractivity contribution in [1.82, 2.24) is 40.0 Å². The van der Waals surface area contributed by atoms with E-state index >= 15 is 0 Å². The zero-order valence-corrected chi connectivity index (χ0v) is 78.1. The number of imide groups is 3. The highest BCUT2D eigenvalue weighted by molar-refractivity contribution is 9.09. The summed E-state index contributed by atoms with van der Waals surface area (Å²) in [6.07, 6.45) is 21.1. The van der Waals surface area contributed by atoms with Crippen LogP contribution in [-0.4, -0.2) is 224 Å². The predicted molar refractivity (Wildman–Crippen MR) is 518 cm³/mol. The Labute approximate surface area is 789 Å². The van der Waals surface area contributed by atoms with Gasteiger partial charge in [-0.3, -0.25) is 84.2 Å². The maximum atomic E-state index is 12.8. The van der Waals surface area contributed by atoms with Crippen LogP contribution >= 0.6 is 15.9 Å². The number of rotatable bonds is 34. The van der Waals surface area contributed by atoms with Crippen molar-refractivity contribution >= 4 is 69.9 Å². The molecule has 133 heavy (non-hydrogen) atoms. The molecule has 7 aliphatic heterocycles. The van der Waals surface area contributed by atoms with Gasteiger partial charge in [-0.15, -0.1) is 0 Å². The van der Waals surface area contributed by atoms with Crippen molar-refractivity contribution in [2.24, 2.45) is 17.4 Å². The van der Waals surface area contributed by atoms with Gasteiger partial charge in [0.2, 0.25) is 5.91 Å². The SMILES string of the molecule is C1CCNCC1.CO.NCCCOc1cccc(CN2CCCCC2)c1.NN.O=C(COCc1ccc(F)cc1)NCCCOc1cccc(CN2CCCCC2)c1.O=C1c2ccccc2C(=O)N1CCCBr.O=C1c2ccccc2C(=O)N1CCCOc1cccc(CN2CCCCC2)c1.O=Cc1cccc(O)c1.O=Cc1cccc(OCCCN2C(=O)c3ccccc3C2=O)c1. The topological polar surface area (TPSA) is 362 Å². The Bertz CT molecular complexity index is 4910. The van der Waals surface area contributed by atoms with Crippen LogP contribution in [0.25, 0.3) is 0 Å². The fourth-order valence-electron chi connectivity index (χ4n) is 15.4. The molecule has 0 spiro atoms. The third-order valence-electron chi connectivity index (χ3n) is 22.2. The largest absolute Gasteiger partial charge is 0.508 e. The van der Waals surface area contributed by atoms with E-state index in [9.17, 15) is 47.5 Å². The standard InChI is InChI=1S/C24H31FN2O3.C23H26N2O3.C18H15NO4.C15H24N2O.C11H10BrNO2.C7H6O2.C5H11N.CH4O.H4N2/c25-22-10-8-20(9-11-22)18-29-19-24(28)26-12-5-15-30-23-7-4-6-21(16-23)17-27-13-2-1-3-14-27;26-22-20-10-2-3-11-21(20)23(27)25(22)14-7-15-28-19-9-6-8-18(16-19)17-24-12-4-1-5-13-24;20-12-13-5-3-6-14(11-13)23-10-4-9-19-17(21)15-7-1-2-8-16(15)18(19)22;16-8-5-11-18-15-7-4-6-14(12-15)13-17-9-2-1-3-10-17;12-6-3-7-13-10(14)8-4-1-2-5-9(8)11(13)15;8-5-6-2-1-3-7(9)4-6;1-2-4-6-5-3-1;2*1-2/h4,6-11,16H,1-3,5,12-15,17-19H2,(H,26,28);2-3,6,8-11,16H,1,4-5,7,12-15,17H2;1-3,5-8,11-12H,4,9-10H2;4,6-7,12H,1-3,5,8-11,13,16H2;1-2,4-5H,3,6-7H2;1-5,9H;6H,1-5H2;2H,1H3;1-2H2. The summed E-state index contributed by atoms with van der Waals surface area (Å²) in [4.78, 5) is 117. The van der Waals surface area contributed by atoms with E-state index < -0.39 is 0 Å². The number of hydrazine groups is 1. The number of nitrogens with zero attached hydrogens (tertiary/aromatic N) is 6. The summed E-state index contributed by atoms with van der Waals surface area (Å²) >= 11 is 3.28. The normalized spacial score (nSPS) is 14.8. The van der Waals surface area contributed by atoms with E-state index in [-0.39, 0.29) is 66.1 Å². The molecule has 712 valence electrons. The molecule has 0 aliphatic carbocycles. The first-order valence-corrected chi connectivity index (χ1v) is 47.1. The number of aliphatic hydroxyl groups is 1. The number of nitrogens with one attached hydrogen (secondary N) is 2. The number of ether oxygens (including phenoxy) is 5. The zero-order chi connectivity index (χ0) is 95.0. The maximum Gasteiger partial charge on any atom is 0.261 e. The number of hydrogen-bond donors (Lipinski definition) is 7. The first-order chi connectivity index (χ1) is 65.1. The van der Waals surface area contributed by atoms with Crippen LogP contribution in [0.1, 0.15) is 214 Å². The van der Waals surface area contributed by atoms with Crippen molar-refractivity contribution in [3.8, 4) is 28.7 Å². The average molecular weight is 1890 g/mol. The van der Waals surface area contributed by atoms with Crippen molar-refractivity contribution in [3.63, 3.8) is 0 Å². The Morgan fingerprint density at radius 3 is 1.09 bits per heavy atom. The van der Waals surface area contributed by atoms with Gasteiger partial charge in [-0.2, -0.15) is 0 Å². The third-order valence-corrected chi connectivity index (χ3v) is 22.7. The molecule has 0 saturated carbocycles. The molecule has 0 bridgehead atoms. The van der Waals surface area contributed by atoms with Gasteiger partial charge >= 0.3 is 0 Å². The van der Waals surface area contributed by atoms with Gasteiger partial charge in [0.25, 0.3) is 35.4 Å². The number of fused-ring (bicyclic) bond motifs is 3. The molecule has 27 nitrogen and oxygen atoms in total. The molecule has 29 heteroatoms. The van der Waals surface area contributed by atoms with Crippen LogP contribution in [0, 0.1) is 5.82 Å². The number of amides is 7. The van der Waals surface area contributed by atoms with Crippen molar-refractivity contribution in [2.45, 2.75) is 135 Å². The Morgan fingerprint density at radius 2 is 0.752 bits per heavy atom. The second kappa shape index (κ2) is 61.9. The van der Waals surface area contributed by atoms with E-state index in [0.29, 0.717) is 129 Å². The molecular weight excluding hydrogens is 1760 g/mol. The number of aldehydes is 2. The van der Waals surface area contributed by atoms with Crippen LogP contribution in [-0.2, 0) is 35.8 Å². The van der Waals surface area contributed by atoms with Gasteiger partial charge in [0, 0.05) is 69.4 Å². The lowest BCUT2D eigenvalue weighted by Gasteiger charge is -2.26. The molecule has 0 atom stereocenters. The summed E-state index contributed by atoms with van der Waals surface area (Å²) in [6, 6.07) is 64.8. The number of alkyl halides is 1. The summed E-state index contributed by atoms with van der Waals surface area (Å²) in [5.74, 6) is 9.70. The van der Waals surface area contributed by atoms with Gasteiger partial charge in [-0.1, -0.05) is 151 Å². The van der Waals surface area contributed by atoms with Gasteiger partial charge in [-0.05, 0) is 274 Å². The van der Waals surface area contributed by atoms with Crippen LogP contribution in [0.2, 0.25) is 0 Å². The quantitative estimate of drug-likeness (QED) is 0.00492. The number of carbonyl (C=O) groups excluding carboxylic acids is 9. The number of halogens is 2. The van der Waals surface area contributed by atoms with E-state index in [1.54, 1.807) is 121 Å². The first-order valence-electron chi connectivity index (χ1n) is 46.0. The molecule has 10 N–H and O–H groups in total. The molecule has 0 unspecified atom stereocenters.